The van der Waals surface area contributed by atoms with Crippen molar-refractivity contribution in [3.05, 3.63) is 29.3 Å². The Hall–Kier alpha value is -1.93. The fraction of sp³-hybridized carbons (Fsp3) is 0.333. The number of carbonyl (C=O) groups excluding carboxylic acids is 2. The lowest BCUT2D eigenvalue weighted by molar-refractivity contribution is 0.112. The SMILES string of the molecule is COc1ccc(C=O)c(C2(N=C=O)CC2)c1. The van der Waals surface area contributed by atoms with E-state index < -0.39 is 5.54 Å². The molecule has 0 amide bonds. The van der Waals surface area contributed by atoms with Gasteiger partial charge in [0.2, 0.25) is 6.08 Å². The average Bonchev–Trinajstić information content (AvgIpc) is 3.09. The van der Waals surface area contributed by atoms with Gasteiger partial charge in [0, 0.05) is 5.56 Å². The summed E-state index contributed by atoms with van der Waals surface area (Å²) in [5, 5.41) is 0. The van der Waals surface area contributed by atoms with Gasteiger partial charge in [-0.15, -0.1) is 0 Å². The number of nitrogens with zero attached hydrogens (tertiary/aromatic N) is 1. The van der Waals surface area contributed by atoms with Gasteiger partial charge in [0.05, 0.1) is 12.6 Å². The van der Waals surface area contributed by atoms with Crippen LogP contribution in [-0.4, -0.2) is 19.5 Å². The molecule has 0 bridgehead atoms. The van der Waals surface area contributed by atoms with E-state index in [1.165, 1.54) is 0 Å². The molecule has 1 aromatic rings. The van der Waals surface area contributed by atoms with Gasteiger partial charge in [-0.25, -0.2) is 4.79 Å². The van der Waals surface area contributed by atoms with Gasteiger partial charge < -0.3 is 4.74 Å². The van der Waals surface area contributed by atoms with Crippen molar-refractivity contribution < 1.29 is 14.3 Å². The Morgan fingerprint density at radius 2 is 2.25 bits per heavy atom. The summed E-state index contributed by atoms with van der Waals surface area (Å²) in [4.78, 5) is 25.1. The number of isocyanates is 1. The Balaban J connectivity index is 2.53. The molecule has 1 aliphatic carbocycles. The first-order valence-electron chi connectivity index (χ1n) is 4.98. The van der Waals surface area contributed by atoms with Crippen LogP contribution >= 0.6 is 0 Å². The first kappa shape index (κ1) is 10.6. The van der Waals surface area contributed by atoms with Gasteiger partial charge in [-0.05, 0) is 36.6 Å². The number of methoxy groups -OCH3 is 1. The van der Waals surface area contributed by atoms with Gasteiger partial charge >= 0.3 is 0 Å². The molecule has 4 nitrogen and oxygen atoms in total. The van der Waals surface area contributed by atoms with Crippen LogP contribution in [0.3, 0.4) is 0 Å². The zero-order valence-corrected chi connectivity index (χ0v) is 8.90. The highest BCUT2D eigenvalue weighted by atomic mass is 16.5. The molecule has 0 N–H and O–H groups in total. The molecule has 0 radical (unpaired) electrons. The summed E-state index contributed by atoms with van der Waals surface area (Å²) in [6, 6.07) is 5.16. The number of hydrogen-bond donors (Lipinski definition) is 0. The molecule has 0 unspecified atom stereocenters. The van der Waals surface area contributed by atoms with Crippen LogP contribution in [-0.2, 0) is 10.3 Å². The minimum Gasteiger partial charge on any atom is -0.497 e. The van der Waals surface area contributed by atoms with Gasteiger partial charge in [-0.1, -0.05) is 0 Å². The molecule has 16 heavy (non-hydrogen) atoms. The predicted molar refractivity (Wildman–Crippen MR) is 57.4 cm³/mol. The van der Waals surface area contributed by atoms with Crippen molar-refractivity contribution in [3.8, 4) is 5.75 Å². The van der Waals surface area contributed by atoms with E-state index in [9.17, 15) is 9.59 Å². The van der Waals surface area contributed by atoms with Crippen LogP contribution in [0.15, 0.2) is 23.2 Å². The fourth-order valence-corrected chi connectivity index (χ4v) is 1.82. The smallest absolute Gasteiger partial charge is 0.235 e. The number of carbonyl (C=O) groups is 1. The van der Waals surface area contributed by atoms with E-state index in [-0.39, 0.29) is 0 Å². The maximum atomic E-state index is 10.9. The molecule has 0 atom stereocenters. The number of benzene rings is 1. The van der Waals surface area contributed by atoms with Crippen LogP contribution in [0.25, 0.3) is 0 Å². The molecular formula is C12H11NO3. The van der Waals surface area contributed by atoms with E-state index in [4.69, 9.17) is 4.74 Å². The first-order valence-corrected chi connectivity index (χ1v) is 4.98. The third kappa shape index (κ3) is 1.64. The second-order valence-corrected chi connectivity index (χ2v) is 3.81. The number of ether oxygens (including phenoxy) is 1. The molecule has 1 aromatic carbocycles. The van der Waals surface area contributed by atoms with E-state index in [0.29, 0.717) is 11.3 Å². The van der Waals surface area contributed by atoms with E-state index in [2.05, 4.69) is 4.99 Å². The zero-order valence-electron chi connectivity index (χ0n) is 8.90. The molecule has 2 rings (SSSR count). The predicted octanol–water partition coefficient (Wildman–Crippen LogP) is 1.83. The van der Waals surface area contributed by atoms with Crippen molar-refractivity contribution in [3.63, 3.8) is 0 Å². The highest BCUT2D eigenvalue weighted by Gasteiger charge is 2.46. The Labute approximate surface area is 92.9 Å². The summed E-state index contributed by atoms with van der Waals surface area (Å²) in [5.74, 6) is 0.660. The maximum absolute atomic E-state index is 10.9. The second kappa shape index (κ2) is 3.91. The Morgan fingerprint density at radius 1 is 1.50 bits per heavy atom. The van der Waals surface area contributed by atoms with Crippen LogP contribution in [0.1, 0.15) is 28.8 Å². The molecule has 1 fully saturated rings. The van der Waals surface area contributed by atoms with Crippen LogP contribution in [0.5, 0.6) is 5.75 Å². The topological polar surface area (TPSA) is 55.7 Å². The van der Waals surface area contributed by atoms with E-state index >= 15 is 0 Å². The van der Waals surface area contributed by atoms with Crippen molar-refractivity contribution in [1.29, 1.82) is 0 Å². The monoisotopic (exact) mass is 217 g/mol. The standard InChI is InChI=1S/C12H11NO3/c1-16-10-3-2-9(7-14)11(6-10)12(4-5-12)13-8-15/h2-3,6-7H,4-5H2,1H3. The number of aliphatic imine (C=N–C) groups is 1. The lowest BCUT2D eigenvalue weighted by Crippen LogP contribution is -2.06. The van der Waals surface area contributed by atoms with Crippen molar-refractivity contribution in [2.75, 3.05) is 7.11 Å². The molecular weight excluding hydrogens is 206 g/mol. The van der Waals surface area contributed by atoms with Gasteiger partial charge in [0.15, 0.2) is 0 Å². The lowest BCUT2D eigenvalue weighted by Gasteiger charge is -2.12. The Morgan fingerprint density at radius 3 is 2.75 bits per heavy atom. The molecule has 0 aromatic heterocycles. The molecule has 0 aliphatic heterocycles. The largest absolute Gasteiger partial charge is 0.497 e. The zero-order chi connectivity index (χ0) is 11.6. The van der Waals surface area contributed by atoms with Crippen molar-refractivity contribution in [2.45, 2.75) is 18.4 Å². The number of rotatable bonds is 4. The van der Waals surface area contributed by atoms with Crippen molar-refractivity contribution in [2.24, 2.45) is 4.99 Å². The number of aldehydes is 1. The molecule has 1 aliphatic rings. The molecule has 0 saturated heterocycles. The minimum absolute atomic E-state index is 0.535. The molecule has 82 valence electrons. The second-order valence-electron chi connectivity index (χ2n) is 3.81. The Bertz CT molecular complexity index is 471. The molecule has 0 spiro atoms. The van der Waals surface area contributed by atoms with E-state index in [1.54, 1.807) is 31.4 Å². The van der Waals surface area contributed by atoms with Gasteiger partial charge in [-0.2, -0.15) is 4.99 Å². The highest BCUT2D eigenvalue weighted by Crippen LogP contribution is 2.50. The third-order valence-electron chi connectivity index (χ3n) is 2.87. The Kier molecular flexibility index (Phi) is 2.59. The summed E-state index contributed by atoms with van der Waals surface area (Å²) in [5.41, 5.74) is 0.773. The normalized spacial score (nSPS) is 16.1. The van der Waals surface area contributed by atoms with Gasteiger partial charge in [0.1, 0.15) is 12.0 Å². The average molecular weight is 217 g/mol. The summed E-state index contributed by atoms with van der Waals surface area (Å²) < 4.78 is 5.10. The maximum Gasteiger partial charge on any atom is 0.235 e. The quantitative estimate of drug-likeness (QED) is 0.439. The summed E-state index contributed by atoms with van der Waals surface area (Å²) in [7, 11) is 1.56. The van der Waals surface area contributed by atoms with Crippen LogP contribution < -0.4 is 4.74 Å². The highest BCUT2D eigenvalue weighted by molar-refractivity contribution is 5.79. The molecule has 1 saturated carbocycles. The van der Waals surface area contributed by atoms with E-state index in [0.717, 1.165) is 24.7 Å². The van der Waals surface area contributed by atoms with Gasteiger partial charge in [0.25, 0.3) is 0 Å². The number of hydrogen-bond acceptors (Lipinski definition) is 4. The molecule has 0 heterocycles. The summed E-state index contributed by atoms with van der Waals surface area (Å²) >= 11 is 0. The van der Waals surface area contributed by atoms with Crippen LogP contribution in [0.2, 0.25) is 0 Å². The summed E-state index contributed by atoms with van der Waals surface area (Å²) in [6.45, 7) is 0. The minimum atomic E-state index is -0.535. The fourth-order valence-electron chi connectivity index (χ4n) is 1.82. The lowest BCUT2D eigenvalue weighted by atomic mass is 9.99. The van der Waals surface area contributed by atoms with Crippen molar-refractivity contribution in [1.82, 2.24) is 0 Å². The van der Waals surface area contributed by atoms with Crippen LogP contribution in [0, 0.1) is 0 Å². The van der Waals surface area contributed by atoms with Gasteiger partial charge in [-0.3, -0.25) is 4.79 Å². The molecule has 4 heteroatoms. The first-order chi connectivity index (χ1) is 7.75. The van der Waals surface area contributed by atoms with E-state index in [1.807, 2.05) is 0 Å². The third-order valence-corrected chi connectivity index (χ3v) is 2.87. The summed E-state index contributed by atoms with van der Waals surface area (Å²) in [6.07, 6.45) is 3.90. The van der Waals surface area contributed by atoms with Crippen molar-refractivity contribution >= 4 is 12.4 Å². The van der Waals surface area contributed by atoms with Crippen LogP contribution in [0.4, 0.5) is 0 Å².